The second kappa shape index (κ2) is 7.96. The van der Waals surface area contributed by atoms with Gasteiger partial charge < -0.3 is 4.74 Å². The lowest BCUT2D eigenvalue weighted by Gasteiger charge is -2.33. The molecule has 1 aliphatic rings. The van der Waals surface area contributed by atoms with Gasteiger partial charge in [0, 0.05) is 6.04 Å². The smallest absolute Gasteiger partial charge is 0.249 e. The normalized spacial score (nSPS) is 16.2. The lowest BCUT2D eigenvalue weighted by molar-refractivity contribution is -0.121. The molecule has 1 saturated carbocycles. The van der Waals surface area contributed by atoms with Crippen LogP contribution in [0.2, 0.25) is 0 Å². The van der Waals surface area contributed by atoms with Crippen molar-refractivity contribution in [1.82, 2.24) is 9.73 Å². The number of hydrogen-bond acceptors (Lipinski definition) is 5. The first-order chi connectivity index (χ1) is 11.4. The number of aryl methyl sites for hydroxylation is 1. The fourth-order valence-electron chi connectivity index (χ4n) is 3.08. The van der Waals surface area contributed by atoms with Crippen molar-refractivity contribution in [3.8, 4) is 5.75 Å². The van der Waals surface area contributed by atoms with E-state index < -0.39 is 15.9 Å². The topological polar surface area (TPSA) is 102 Å². The van der Waals surface area contributed by atoms with Gasteiger partial charge >= 0.3 is 0 Å². The third-order valence-electron chi connectivity index (χ3n) is 4.35. The lowest BCUT2D eigenvalue weighted by Crippen LogP contribution is -2.48. The summed E-state index contributed by atoms with van der Waals surface area (Å²) in [6.07, 6.45) is 4.47. The zero-order chi connectivity index (χ0) is 17.7. The summed E-state index contributed by atoms with van der Waals surface area (Å²) < 4.78 is 33.0. The first-order valence-electron chi connectivity index (χ1n) is 8.06. The molecule has 0 heterocycles. The van der Waals surface area contributed by atoms with Crippen LogP contribution in [-0.2, 0) is 14.8 Å². The molecular formula is C16H25N3O4S. The van der Waals surface area contributed by atoms with E-state index in [1.165, 1.54) is 11.4 Å². The standard InChI is InChI=1S/C16H25N3O4S/c1-12-8-9-14(23-2)15(10-12)24(21,22)19(11-16(20)18-17)13-6-4-3-5-7-13/h8-10,13H,3-7,11,17H2,1-2H3,(H,18,20). The van der Waals surface area contributed by atoms with Crippen LogP contribution < -0.4 is 16.0 Å². The van der Waals surface area contributed by atoms with Gasteiger partial charge in [0.1, 0.15) is 10.6 Å². The summed E-state index contributed by atoms with van der Waals surface area (Å²) in [6.45, 7) is 1.52. The van der Waals surface area contributed by atoms with E-state index in [1.54, 1.807) is 18.2 Å². The molecule has 0 saturated heterocycles. The van der Waals surface area contributed by atoms with E-state index in [-0.39, 0.29) is 23.2 Å². The summed E-state index contributed by atoms with van der Waals surface area (Å²) in [5, 5.41) is 0. The van der Waals surface area contributed by atoms with Crippen molar-refractivity contribution in [2.75, 3.05) is 13.7 Å². The number of nitrogens with zero attached hydrogens (tertiary/aromatic N) is 1. The molecule has 134 valence electrons. The summed E-state index contributed by atoms with van der Waals surface area (Å²) in [5.41, 5.74) is 2.83. The molecule has 1 aromatic carbocycles. The molecule has 2 rings (SSSR count). The zero-order valence-corrected chi connectivity index (χ0v) is 14.9. The number of hydrogen-bond donors (Lipinski definition) is 2. The van der Waals surface area contributed by atoms with Crippen LogP contribution in [0, 0.1) is 6.92 Å². The molecule has 7 nitrogen and oxygen atoms in total. The van der Waals surface area contributed by atoms with E-state index >= 15 is 0 Å². The summed E-state index contributed by atoms with van der Waals surface area (Å²) >= 11 is 0. The van der Waals surface area contributed by atoms with Gasteiger partial charge in [0.25, 0.3) is 0 Å². The number of carbonyl (C=O) groups excluding carboxylic acids is 1. The van der Waals surface area contributed by atoms with Crippen LogP contribution in [-0.4, -0.2) is 38.3 Å². The molecule has 8 heteroatoms. The van der Waals surface area contributed by atoms with Gasteiger partial charge in [0.15, 0.2) is 0 Å². The molecule has 0 atom stereocenters. The van der Waals surface area contributed by atoms with Crippen LogP contribution in [0.3, 0.4) is 0 Å². The SMILES string of the molecule is COc1ccc(C)cc1S(=O)(=O)N(CC(=O)NN)C1CCCCC1. The fourth-order valence-corrected chi connectivity index (χ4v) is 4.96. The van der Waals surface area contributed by atoms with E-state index in [0.717, 1.165) is 37.7 Å². The molecule has 0 unspecified atom stereocenters. The Kier molecular flexibility index (Phi) is 6.20. The highest BCUT2D eigenvalue weighted by Crippen LogP contribution is 2.32. The maximum atomic E-state index is 13.2. The van der Waals surface area contributed by atoms with Crippen molar-refractivity contribution in [2.24, 2.45) is 5.84 Å². The van der Waals surface area contributed by atoms with Crippen molar-refractivity contribution in [2.45, 2.75) is 50.0 Å². The number of hydrazine groups is 1. The maximum Gasteiger partial charge on any atom is 0.249 e. The van der Waals surface area contributed by atoms with Gasteiger partial charge in [-0.15, -0.1) is 0 Å². The fraction of sp³-hybridized carbons (Fsp3) is 0.562. The molecular weight excluding hydrogens is 330 g/mol. The Labute approximate surface area is 143 Å². The Morgan fingerprint density at radius 3 is 2.58 bits per heavy atom. The first-order valence-corrected chi connectivity index (χ1v) is 9.50. The average Bonchev–Trinajstić information content (AvgIpc) is 2.59. The van der Waals surface area contributed by atoms with Crippen molar-refractivity contribution < 1.29 is 17.9 Å². The molecule has 1 aromatic rings. The van der Waals surface area contributed by atoms with E-state index in [1.807, 2.05) is 12.3 Å². The molecule has 3 N–H and O–H groups in total. The van der Waals surface area contributed by atoms with Gasteiger partial charge in [0.2, 0.25) is 15.9 Å². The molecule has 0 aromatic heterocycles. The molecule has 24 heavy (non-hydrogen) atoms. The number of nitrogens with two attached hydrogens (primary N) is 1. The number of nitrogens with one attached hydrogen (secondary N) is 1. The number of methoxy groups -OCH3 is 1. The summed E-state index contributed by atoms with van der Waals surface area (Å²) in [5.74, 6) is 4.91. The highest BCUT2D eigenvalue weighted by Gasteiger charge is 2.35. The van der Waals surface area contributed by atoms with Crippen LogP contribution in [0.15, 0.2) is 23.1 Å². The van der Waals surface area contributed by atoms with Crippen LogP contribution in [0.4, 0.5) is 0 Å². The quantitative estimate of drug-likeness (QED) is 0.455. The minimum absolute atomic E-state index is 0.0837. The molecule has 0 spiro atoms. The van der Waals surface area contributed by atoms with Gasteiger partial charge in [-0.1, -0.05) is 25.3 Å². The maximum absolute atomic E-state index is 13.2. The predicted molar refractivity (Wildman–Crippen MR) is 90.8 cm³/mol. The van der Waals surface area contributed by atoms with Gasteiger partial charge in [-0.3, -0.25) is 10.2 Å². The minimum atomic E-state index is -3.88. The van der Waals surface area contributed by atoms with Crippen molar-refractivity contribution in [1.29, 1.82) is 0 Å². The number of ether oxygens (including phenoxy) is 1. The van der Waals surface area contributed by atoms with Gasteiger partial charge in [-0.25, -0.2) is 14.3 Å². The monoisotopic (exact) mass is 355 g/mol. The first kappa shape index (κ1) is 18.7. The molecule has 0 bridgehead atoms. The van der Waals surface area contributed by atoms with E-state index in [0.29, 0.717) is 0 Å². The van der Waals surface area contributed by atoms with Crippen LogP contribution in [0.25, 0.3) is 0 Å². The number of carbonyl (C=O) groups is 1. The van der Waals surface area contributed by atoms with Gasteiger partial charge in [-0.2, -0.15) is 4.31 Å². The number of benzene rings is 1. The Morgan fingerprint density at radius 1 is 1.33 bits per heavy atom. The number of sulfonamides is 1. The number of rotatable bonds is 6. The second-order valence-electron chi connectivity index (χ2n) is 6.06. The Bertz CT molecular complexity index is 685. The molecule has 1 aliphatic carbocycles. The molecule has 1 fully saturated rings. The largest absolute Gasteiger partial charge is 0.495 e. The second-order valence-corrected chi connectivity index (χ2v) is 7.92. The Morgan fingerprint density at radius 2 is 2.00 bits per heavy atom. The molecule has 0 radical (unpaired) electrons. The molecule has 1 amide bonds. The number of amides is 1. The van der Waals surface area contributed by atoms with E-state index in [2.05, 4.69) is 0 Å². The van der Waals surface area contributed by atoms with E-state index in [4.69, 9.17) is 10.6 Å². The van der Waals surface area contributed by atoms with Crippen LogP contribution in [0.1, 0.15) is 37.7 Å². The van der Waals surface area contributed by atoms with E-state index in [9.17, 15) is 13.2 Å². The van der Waals surface area contributed by atoms with Gasteiger partial charge in [-0.05, 0) is 37.5 Å². The van der Waals surface area contributed by atoms with Crippen LogP contribution >= 0.6 is 0 Å². The highest BCUT2D eigenvalue weighted by atomic mass is 32.2. The minimum Gasteiger partial charge on any atom is -0.495 e. The summed E-state index contributed by atoms with van der Waals surface area (Å²) in [6, 6.07) is 4.79. The third kappa shape index (κ3) is 4.06. The summed E-state index contributed by atoms with van der Waals surface area (Å²) in [4.78, 5) is 11.9. The highest BCUT2D eigenvalue weighted by molar-refractivity contribution is 7.89. The average molecular weight is 355 g/mol. The Hall–Kier alpha value is -1.64. The third-order valence-corrected chi connectivity index (χ3v) is 6.27. The lowest BCUT2D eigenvalue weighted by atomic mass is 9.95. The Balaban J connectivity index is 2.46. The molecule has 0 aliphatic heterocycles. The van der Waals surface area contributed by atoms with Gasteiger partial charge in [0.05, 0.1) is 13.7 Å². The predicted octanol–water partition coefficient (Wildman–Crippen LogP) is 1.32. The zero-order valence-electron chi connectivity index (χ0n) is 14.1. The van der Waals surface area contributed by atoms with Crippen molar-refractivity contribution >= 4 is 15.9 Å². The van der Waals surface area contributed by atoms with Crippen molar-refractivity contribution in [3.63, 3.8) is 0 Å². The van der Waals surface area contributed by atoms with Crippen molar-refractivity contribution in [3.05, 3.63) is 23.8 Å². The van der Waals surface area contributed by atoms with Crippen LogP contribution in [0.5, 0.6) is 5.75 Å². The summed E-state index contributed by atoms with van der Waals surface area (Å²) in [7, 11) is -2.45.